The van der Waals surface area contributed by atoms with Crippen LogP contribution in [0.3, 0.4) is 0 Å². The van der Waals surface area contributed by atoms with Gasteiger partial charge in [0.1, 0.15) is 18.2 Å². The molecule has 2 aromatic rings. The molecule has 2 amide bonds. The molecule has 3 rings (SSSR count). The van der Waals surface area contributed by atoms with Crippen molar-refractivity contribution in [1.82, 2.24) is 15.1 Å². The van der Waals surface area contributed by atoms with Gasteiger partial charge in [0.2, 0.25) is 10.9 Å². The third-order valence-corrected chi connectivity index (χ3v) is 4.75. The van der Waals surface area contributed by atoms with Crippen LogP contribution in [0, 0.1) is 0 Å². The fraction of sp³-hybridized carbons (Fsp3) is 0.412. The van der Waals surface area contributed by atoms with Crippen LogP contribution in [0.4, 0.5) is 5.69 Å². The molecular formula is C17H20N4O3S. The van der Waals surface area contributed by atoms with E-state index in [1.807, 2.05) is 23.1 Å². The molecule has 1 fully saturated rings. The Morgan fingerprint density at radius 2 is 1.88 bits per heavy atom. The number of nitrogens with one attached hydrogen (secondary N) is 1. The Morgan fingerprint density at radius 1 is 1.12 bits per heavy atom. The molecule has 2 heterocycles. The van der Waals surface area contributed by atoms with Gasteiger partial charge in [-0.1, -0.05) is 29.5 Å². The highest BCUT2D eigenvalue weighted by molar-refractivity contribution is 7.13. The van der Waals surface area contributed by atoms with Gasteiger partial charge in [0.15, 0.2) is 0 Å². The number of carbonyl (C=O) groups is 2. The van der Waals surface area contributed by atoms with Gasteiger partial charge in [-0.25, -0.2) is 0 Å². The van der Waals surface area contributed by atoms with E-state index in [1.165, 1.54) is 6.42 Å². The number of amides is 2. The first-order chi connectivity index (χ1) is 12.2. The van der Waals surface area contributed by atoms with Crippen molar-refractivity contribution in [3.05, 3.63) is 40.3 Å². The summed E-state index contributed by atoms with van der Waals surface area (Å²) < 4.78 is 5.43. The number of aromatic nitrogens is 2. The molecule has 0 unspecified atom stereocenters. The third kappa shape index (κ3) is 5.07. The van der Waals surface area contributed by atoms with E-state index in [9.17, 15) is 9.59 Å². The van der Waals surface area contributed by atoms with Gasteiger partial charge < -0.3 is 15.0 Å². The summed E-state index contributed by atoms with van der Waals surface area (Å²) in [4.78, 5) is 26.0. The Kier molecular flexibility index (Phi) is 6.08. The first-order valence-electron chi connectivity index (χ1n) is 8.26. The van der Waals surface area contributed by atoms with Gasteiger partial charge in [0.25, 0.3) is 5.91 Å². The Bertz CT molecular complexity index is 714. The molecule has 1 aliphatic rings. The highest BCUT2D eigenvalue weighted by atomic mass is 32.1. The topological polar surface area (TPSA) is 84.4 Å². The first-order valence-corrected chi connectivity index (χ1v) is 9.08. The van der Waals surface area contributed by atoms with Crippen molar-refractivity contribution < 1.29 is 14.3 Å². The molecule has 132 valence electrons. The molecule has 0 aliphatic carbocycles. The van der Waals surface area contributed by atoms with Gasteiger partial charge in [-0.2, -0.15) is 0 Å². The van der Waals surface area contributed by atoms with Gasteiger partial charge in [-0.3, -0.25) is 9.59 Å². The second-order valence-corrected chi connectivity index (χ2v) is 6.82. The highest BCUT2D eigenvalue weighted by Crippen LogP contribution is 2.14. The number of hydrogen-bond acceptors (Lipinski definition) is 6. The number of para-hydroxylation sites is 1. The van der Waals surface area contributed by atoms with E-state index in [0.717, 1.165) is 37.3 Å². The summed E-state index contributed by atoms with van der Waals surface area (Å²) >= 11 is 1.16. The molecule has 1 N–H and O–H groups in total. The lowest BCUT2D eigenvalue weighted by Gasteiger charge is -2.26. The van der Waals surface area contributed by atoms with Crippen LogP contribution in [0.25, 0.3) is 0 Å². The van der Waals surface area contributed by atoms with Crippen molar-refractivity contribution in [2.24, 2.45) is 0 Å². The average Bonchev–Trinajstić information content (AvgIpc) is 3.12. The van der Waals surface area contributed by atoms with Crippen molar-refractivity contribution in [1.29, 1.82) is 0 Å². The maximum absolute atomic E-state index is 12.1. The number of benzene rings is 1. The van der Waals surface area contributed by atoms with Gasteiger partial charge in [-0.15, -0.1) is 10.2 Å². The molecule has 7 nitrogen and oxygen atoms in total. The molecule has 0 bridgehead atoms. The number of anilines is 1. The van der Waals surface area contributed by atoms with E-state index >= 15 is 0 Å². The van der Waals surface area contributed by atoms with Crippen LogP contribution in [0.15, 0.2) is 30.3 Å². The van der Waals surface area contributed by atoms with Crippen molar-refractivity contribution >= 4 is 28.8 Å². The SMILES string of the molecule is O=C(Nc1ccccc1)c1nnc(COCC(=O)N2CCCCC2)s1. The van der Waals surface area contributed by atoms with Crippen LogP contribution in [-0.4, -0.2) is 46.6 Å². The summed E-state index contributed by atoms with van der Waals surface area (Å²) in [6.45, 7) is 1.83. The normalized spacial score (nSPS) is 14.3. The van der Waals surface area contributed by atoms with Crippen LogP contribution in [-0.2, 0) is 16.1 Å². The molecule has 0 saturated carbocycles. The van der Waals surface area contributed by atoms with E-state index in [1.54, 1.807) is 12.1 Å². The van der Waals surface area contributed by atoms with Crippen LogP contribution in [0.2, 0.25) is 0 Å². The van der Waals surface area contributed by atoms with Gasteiger partial charge in [0, 0.05) is 18.8 Å². The Balaban J connectivity index is 1.45. The minimum atomic E-state index is -0.306. The number of ether oxygens (including phenoxy) is 1. The maximum atomic E-state index is 12.1. The molecule has 25 heavy (non-hydrogen) atoms. The largest absolute Gasteiger partial charge is 0.364 e. The van der Waals surface area contributed by atoms with Crippen molar-refractivity contribution in [3.63, 3.8) is 0 Å². The fourth-order valence-corrected chi connectivity index (χ4v) is 3.24. The van der Waals surface area contributed by atoms with E-state index in [-0.39, 0.29) is 30.0 Å². The summed E-state index contributed by atoms with van der Waals surface area (Å²) in [5.41, 5.74) is 0.702. The standard InChI is InChI=1S/C17H20N4O3S/c22-15(21-9-5-2-6-10-21)12-24-11-14-19-20-17(25-14)16(23)18-13-7-3-1-4-8-13/h1,3-4,7-8H,2,5-6,9-12H2,(H,18,23). The lowest BCUT2D eigenvalue weighted by Crippen LogP contribution is -2.37. The van der Waals surface area contributed by atoms with Crippen LogP contribution in [0.1, 0.15) is 34.1 Å². The quantitative estimate of drug-likeness (QED) is 0.855. The number of nitrogens with zero attached hydrogens (tertiary/aromatic N) is 3. The van der Waals surface area contributed by atoms with E-state index < -0.39 is 0 Å². The van der Waals surface area contributed by atoms with Gasteiger partial charge in [0.05, 0.1) is 0 Å². The Morgan fingerprint density at radius 3 is 2.64 bits per heavy atom. The summed E-state index contributed by atoms with van der Waals surface area (Å²) in [5.74, 6) is -0.300. The van der Waals surface area contributed by atoms with Gasteiger partial charge >= 0.3 is 0 Å². The minimum Gasteiger partial charge on any atom is -0.364 e. The molecule has 1 aliphatic heterocycles. The molecule has 1 aromatic heterocycles. The second kappa shape index (κ2) is 8.68. The zero-order valence-electron chi connectivity index (χ0n) is 13.8. The predicted octanol–water partition coefficient (Wildman–Crippen LogP) is 2.32. The summed E-state index contributed by atoms with van der Waals surface area (Å²) in [5, 5.41) is 11.4. The number of carbonyl (C=O) groups excluding carboxylic acids is 2. The smallest absolute Gasteiger partial charge is 0.286 e. The summed E-state index contributed by atoms with van der Waals surface area (Å²) in [6, 6.07) is 9.16. The van der Waals surface area contributed by atoms with E-state index in [2.05, 4.69) is 15.5 Å². The molecule has 1 saturated heterocycles. The highest BCUT2D eigenvalue weighted by Gasteiger charge is 2.17. The minimum absolute atomic E-state index is 0.00580. The fourth-order valence-electron chi connectivity index (χ4n) is 2.57. The first kappa shape index (κ1) is 17.5. The molecule has 1 aromatic carbocycles. The van der Waals surface area contributed by atoms with Crippen LogP contribution in [0.5, 0.6) is 0 Å². The molecular weight excluding hydrogens is 340 g/mol. The monoisotopic (exact) mass is 360 g/mol. The number of hydrogen-bond donors (Lipinski definition) is 1. The van der Waals surface area contributed by atoms with E-state index in [4.69, 9.17) is 4.74 Å². The average molecular weight is 360 g/mol. The molecule has 0 atom stereocenters. The number of rotatable bonds is 6. The van der Waals surface area contributed by atoms with Crippen molar-refractivity contribution in [2.75, 3.05) is 25.0 Å². The zero-order chi connectivity index (χ0) is 17.5. The van der Waals surface area contributed by atoms with E-state index in [0.29, 0.717) is 10.7 Å². The predicted molar refractivity (Wildman–Crippen MR) is 94.4 cm³/mol. The van der Waals surface area contributed by atoms with Crippen molar-refractivity contribution in [3.8, 4) is 0 Å². The Hall–Kier alpha value is -2.32. The molecule has 0 radical (unpaired) electrons. The second-order valence-electron chi connectivity index (χ2n) is 5.76. The van der Waals surface area contributed by atoms with Gasteiger partial charge in [-0.05, 0) is 31.4 Å². The lowest BCUT2D eigenvalue weighted by atomic mass is 10.1. The van der Waals surface area contributed by atoms with Crippen LogP contribution >= 0.6 is 11.3 Å². The Labute approximate surface area is 150 Å². The maximum Gasteiger partial charge on any atom is 0.286 e. The summed E-state index contributed by atoms with van der Waals surface area (Å²) in [6.07, 6.45) is 3.30. The third-order valence-electron chi connectivity index (χ3n) is 3.85. The van der Waals surface area contributed by atoms with Crippen LogP contribution < -0.4 is 5.32 Å². The molecule has 8 heteroatoms. The van der Waals surface area contributed by atoms with Crippen molar-refractivity contribution in [2.45, 2.75) is 25.9 Å². The molecule has 0 spiro atoms. The number of likely N-dealkylation sites (tertiary alicyclic amines) is 1. The summed E-state index contributed by atoms with van der Waals surface area (Å²) in [7, 11) is 0. The number of piperidine rings is 1. The zero-order valence-corrected chi connectivity index (χ0v) is 14.6. The lowest BCUT2D eigenvalue weighted by molar-refractivity contribution is -0.137.